The van der Waals surface area contributed by atoms with Crippen LogP contribution in [0.5, 0.6) is 5.75 Å². The lowest BCUT2D eigenvalue weighted by Crippen LogP contribution is -2.43. The van der Waals surface area contributed by atoms with Gasteiger partial charge in [-0.2, -0.15) is 0 Å². The van der Waals surface area contributed by atoms with Crippen LogP contribution in [0, 0.1) is 0 Å². The summed E-state index contributed by atoms with van der Waals surface area (Å²) < 4.78 is 11.9. The Bertz CT molecular complexity index is 1070. The molecule has 0 unspecified atom stereocenters. The quantitative estimate of drug-likeness (QED) is 0.491. The molecular formula is C23H32N4O6. The Morgan fingerprint density at radius 1 is 1.12 bits per heavy atom. The molecule has 1 aromatic carbocycles. The number of hydrogen-bond acceptors (Lipinski definition) is 7. The van der Waals surface area contributed by atoms with Crippen LogP contribution in [0.3, 0.4) is 0 Å². The van der Waals surface area contributed by atoms with Gasteiger partial charge in [0.25, 0.3) is 11.5 Å². The number of ether oxygens (including phenoxy) is 2. The molecule has 0 atom stereocenters. The molecule has 0 aliphatic heterocycles. The number of rotatable bonds is 11. The highest BCUT2D eigenvalue weighted by Gasteiger charge is 2.25. The van der Waals surface area contributed by atoms with E-state index in [9.17, 15) is 19.2 Å². The van der Waals surface area contributed by atoms with E-state index in [1.807, 2.05) is 27.7 Å². The summed E-state index contributed by atoms with van der Waals surface area (Å²) in [6.45, 7) is 7.47. The minimum absolute atomic E-state index is 0.00296. The number of carbonyl (C=O) groups excluding carboxylic acids is 2. The molecule has 0 saturated heterocycles. The number of aromatic nitrogens is 2. The number of anilines is 2. The number of nitrogens with two attached hydrogens (primary N) is 1. The molecule has 2 rings (SSSR count). The number of benzene rings is 1. The standard InChI is InChI=1S/C23H32N4O6/c1-5-7-13-26(19-20(24)27(12-6-2)23(31)25-21(19)29)18(28)14-32-22(30)16-8-10-17(11-9-16)33-15(3)4/h8-11,15H,5-7,12-14,24H2,1-4H3,(H,25,29,31). The van der Waals surface area contributed by atoms with Gasteiger partial charge in [-0.15, -0.1) is 0 Å². The number of nitrogens with zero attached hydrogens (tertiary/aromatic N) is 2. The number of nitrogen functional groups attached to an aromatic ring is 1. The highest BCUT2D eigenvalue weighted by atomic mass is 16.5. The van der Waals surface area contributed by atoms with Gasteiger partial charge in [0.2, 0.25) is 0 Å². The van der Waals surface area contributed by atoms with Gasteiger partial charge in [0, 0.05) is 13.1 Å². The number of carbonyl (C=O) groups is 2. The maximum atomic E-state index is 13.0. The number of esters is 1. The van der Waals surface area contributed by atoms with Crippen molar-refractivity contribution in [3.8, 4) is 5.75 Å². The van der Waals surface area contributed by atoms with Crippen LogP contribution >= 0.6 is 0 Å². The molecule has 0 bridgehead atoms. The zero-order valence-corrected chi connectivity index (χ0v) is 19.6. The van der Waals surface area contributed by atoms with Crippen molar-refractivity contribution >= 4 is 23.4 Å². The summed E-state index contributed by atoms with van der Waals surface area (Å²) in [5.41, 5.74) is 4.85. The summed E-state index contributed by atoms with van der Waals surface area (Å²) >= 11 is 0. The van der Waals surface area contributed by atoms with Gasteiger partial charge in [0.15, 0.2) is 12.3 Å². The second-order valence-corrected chi connectivity index (χ2v) is 7.81. The van der Waals surface area contributed by atoms with Crippen LogP contribution in [0.4, 0.5) is 11.5 Å². The summed E-state index contributed by atoms with van der Waals surface area (Å²) in [5, 5.41) is 0. The van der Waals surface area contributed by atoms with E-state index in [-0.39, 0.29) is 36.3 Å². The van der Waals surface area contributed by atoms with Crippen LogP contribution in [0.2, 0.25) is 0 Å². The minimum atomic E-state index is -0.763. The third-order valence-electron chi connectivity index (χ3n) is 4.76. The molecule has 0 aliphatic rings. The van der Waals surface area contributed by atoms with Crippen molar-refractivity contribution in [3.63, 3.8) is 0 Å². The number of H-pyrrole nitrogens is 1. The van der Waals surface area contributed by atoms with Gasteiger partial charge in [-0.1, -0.05) is 20.3 Å². The lowest BCUT2D eigenvalue weighted by Gasteiger charge is -2.24. The van der Waals surface area contributed by atoms with Crippen LogP contribution in [-0.4, -0.2) is 40.7 Å². The third-order valence-corrected chi connectivity index (χ3v) is 4.76. The molecule has 1 heterocycles. The molecule has 33 heavy (non-hydrogen) atoms. The molecule has 180 valence electrons. The van der Waals surface area contributed by atoms with Crippen LogP contribution < -0.4 is 26.6 Å². The maximum absolute atomic E-state index is 13.0. The van der Waals surface area contributed by atoms with Crippen molar-refractivity contribution in [1.82, 2.24) is 9.55 Å². The number of aromatic amines is 1. The van der Waals surface area contributed by atoms with Gasteiger partial charge < -0.3 is 20.1 Å². The van der Waals surface area contributed by atoms with Crippen molar-refractivity contribution in [3.05, 3.63) is 50.7 Å². The second-order valence-electron chi connectivity index (χ2n) is 7.81. The maximum Gasteiger partial charge on any atom is 0.338 e. The molecule has 0 spiro atoms. The van der Waals surface area contributed by atoms with E-state index >= 15 is 0 Å². The third kappa shape index (κ3) is 6.71. The van der Waals surface area contributed by atoms with Crippen molar-refractivity contribution in [1.29, 1.82) is 0 Å². The number of hydrogen-bond donors (Lipinski definition) is 2. The molecule has 0 aliphatic carbocycles. The summed E-state index contributed by atoms with van der Waals surface area (Å²) in [6, 6.07) is 6.37. The molecule has 10 nitrogen and oxygen atoms in total. The molecule has 1 amide bonds. The molecule has 1 aromatic heterocycles. The number of unbranched alkanes of at least 4 members (excludes halogenated alkanes) is 1. The highest BCUT2D eigenvalue weighted by Crippen LogP contribution is 2.19. The fourth-order valence-corrected chi connectivity index (χ4v) is 3.19. The van der Waals surface area contributed by atoms with E-state index in [1.54, 1.807) is 24.3 Å². The fourth-order valence-electron chi connectivity index (χ4n) is 3.19. The monoisotopic (exact) mass is 460 g/mol. The number of nitrogens with one attached hydrogen (secondary N) is 1. The first-order chi connectivity index (χ1) is 15.7. The SMILES string of the molecule is CCCCN(C(=O)COC(=O)c1ccc(OC(C)C)cc1)c1c(N)n(CCC)c(=O)[nH]c1=O. The Balaban J connectivity index is 2.22. The van der Waals surface area contributed by atoms with Gasteiger partial charge in [0.1, 0.15) is 11.6 Å². The molecule has 0 radical (unpaired) electrons. The predicted octanol–water partition coefficient (Wildman–Crippen LogP) is 2.31. The first-order valence-corrected chi connectivity index (χ1v) is 11.1. The summed E-state index contributed by atoms with van der Waals surface area (Å²) in [6.07, 6.45) is 1.94. The average Bonchev–Trinajstić information content (AvgIpc) is 2.77. The lowest BCUT2D eigenvalue weighted by molar-refractivity contribution is -0.121. The largest absolute Gasteiger partial charge is 0.491 e. The van der Waals surface area contributed by atoms with Crippen molar-refractivity contribution < 1.29 is 19.1 Å². The van der Waals surface area contributed by atoms with Gasteiger partial charge in [0.05, 0.1) is 11.7 Å². The second kappa shape index (κ2) is 11.9. The molecular weight excluding hydrogens is 428 g/mol. The molecule has 3 N–H and O–H groups in total. The minimum Gasteiger partial charge on any atom is -0.491 e. The van der Waals surface area contributed by atoms with Crippen LogP contribution in [0.15, 0.2) is 33.9 Å². The Labute approximate surface area is 192 Å². The Kier molecular flexibility index (Phi) is 9.26. The normalized spacial score (nSPS) is 10.8. The van der Waals surface area contributed by atoms with Gasteiger partial charge in [-0.25, -0.2) is 9.59 Å². The molecule has 0 saturated carbocycles. The van der Waals surface area contributed by atoms with Crippen LogP contribution in [-0.2, 0) is 16.1 Å². The van der Waals surface area contributed by atoms with E-state index in [0.29, 0.717) is 18.6 Å². The van der Waals surface area contributed by atoms with Crippen LogP contribution in [0.25, 0.3) is 0 Å². The summed E-state index contributed by atoms with van der Waals surface area (Å²) in [4.78, 5) is 53.4. The van der Waals surface area contributed by atoms with E-state index in [0.717, 1.165) is 6.42 Å². The smallest absolute Gasteiger partial charge is 0.338 e. The van der Waals surface area contributed by atoms with E-state index < -0.39 is 29.7 Å². The van der Waals surface area contributed by atoms with Crippen molar-refractivity contribution in [2.75, 3.05) is 23.8 Å². The van der Waals surface area contributed by atoms with E-state index in [2.05, 4.69) is 4.98 Å². The van der Waals surface area contributed by atoms with Gasteiger partial charge >= 0.3 is 11.7 Å². The first-order valence-electron chi connectivity index (χ1n) is 11.1. The Morgan fingerprint density at radius 3 is 2.36 bits per heavy atom. The zero-order chi connectivity index (χ0) is 24.5. The summed E-state index contributed by atoms with van der Waals surface area (Å²) in [5.74, 6) is -0.787. The zero-order valence-electron chi connectivity index (χ0n) is 19.6. The lowest BCUT2D eigenvalue weighted by atomic mass is 10.2. The highest BCUT2D eigenvalue weighted by molar-refractivity contribution is 5.98. The van der Waals surface area contributed by atoms with E-state index in [4.69, 9.17) is 15.2 Å². The Hall–Kier alpha value is -3.56. The van der Waals surface area contributed by atoms with Gasteiger partial charge in [-0.05, 0) is 51.0 Å². The topological polar surface area (TPSA) is 137 Å². The van der Waals surface area contributed by atoms with Crippen molar-refractivity contribution in [2.45, 2.75) is 59.6 Å². The summed E-state index contributed by atoms with van der Waals surface area (Å²) in [7, 11) is 0. The number of amides is 1. The van der Waals surface area contributed by atoms with Crippen LogP contribution in [0.1, 0.15) is 57.3 Å². The predicted molar refractivity (Wildman–Crippen MR) is 126 cm³/mol. The van der Waals surface area contributed by atoms with Gasteiger partial charge in [-0.3, -0.25) is 19.1 Å². The molecule has 2 aromatic rings. The van der Waals surface area contributed by atoms with E-state index in [1.165, 1.54) is 9.47 Å². The average molecular weight is 461 g/mol. The van der Waals surface area contributed by atoms with Crippen molar-refractivity contribution in [2.24, 2.45) is 0 Å². The molecule has 0 fully saturated rings. The first kappa shape index (κ1) is 25.7. The molecule has 10 heteroatoms. The fraction of sp³-hybridized carbons (Fsp3) is 0.478. The Morgan fingerprint density at radius 2 is 1.79 bits per heavy atom.